The molecule has 0 spiro atoms. The molecule has 1 aromatic carbocycles. The van der Waals surface area contributed by atoms with Crippen LogP contribution in [0.2, 0.25) is 0 Å². The van der Waals surface area contributed by atoms with Gasteiger partial charge in [-0.2, -0.15) is 0 Å². The van der Waals surface area contributed by atoms with Crippen molar-refractivity contribution in [2.45, 2.75) is 46.3 Å². The maximum atomic E-state index is 12.3. The van der Waals surface area contributed by atoms with Gasteiger partial charge in [-0.05, 0) is 38.0 Å². The fourth-order valence-electron chi connectivity index (χ4n) is 3.52. The van der Waals surface area contributed by atoms with E-state index >= 15 is 0 Å². The van der Waals surface area contributed by atoms with E-state index < -0.39 is 0 Å². The molecule has 0 bridgehead atoms. The van der Waals surface area contributed by atoms with Gasteiger partial charge in [-0.1, -0.05) is 19.1 Å². The molecule has 32 heavy (non-hydrogen) atoms. The molecule has 8 nitrogen and oxygen atoms in total. The Labute approximate surface area is 190 Å². The number of hydrogen-bond donors (Lipinski definition) is 1. The Hall–Kier alpha value is -2.42. The summed E-state index contributed by atoms with van der Waals surface area (Å²) in [6.45, 7) is 13.2. The molecule has 0 saturated carbocycles. The summed E-state index contributed by atoms with van der Waals surface area (Å²) in [6.07, 6.45) is 2.32. The molecule has 0 radical (unpaired) electrons. The van der Waals surface area contributed by atoms with Crippen LogP contribution in [0.3, 0.4) is 0 Å². The Morgan fingerprint density at radius 1 is 1.22 bits per heavy atom. The Morgan fingerprint density at radius 2 is 1.97 bits per heavy atom. The van der Waals surface area contributed by atoms with Crippen LogP contribution < -0.4 is 10.1 Å². The van der Waals surface area contributed by atoms with Gasteiger partial charge in [-0.15, -0.1) is 0 Å². The van der Waals surface area contributed by atoms with Gasteiger partial charge in [0.1, 0.15) is 12.0 Å². The molecule has 1 unspecified atom stereocenters. The minimum atomic E-state index is -0.194. The van der Waals surface area contributed by atoms with Gasteiger partial charge in [0, 0.05) is 38.8 Å². The zero-order chi connectivity index (χ0) is 22.8. The van der Waals surface area contributed by atoms with Crippen LogP contribution >= 0.6 is 0 Å². The third-order valence-corrected chi connectivity index (χ3v) is 5.61. The number of carbonyl (C=O) groups excluding carboxylic acids is 1. The lowest BCUT2D eigenvalue weighted by atomic mass is 10.2. The number of aromatic nitrogens is 1. The highest BCUT2D eigenvalue weighted by atomic mass is 16.5. The summed E-state index contributed by atoms with van der Waals surface area (Å²) in [5.41, 5.74) is 1.52. The van der Waals surface area contributed by atoms with Crippen molar-refractivity contribution in [3.8, 4) is 5.75 Å². The van der Waals surface area contributed by atoms with Crippen molar-refractivity contribution in [2.24, 2.45) is 0 Å². The number of nitrogens with zero attached hydrogens (tertiary/aromatic N) is 3. The molecule has 0 aliphatic carbocycles. The van der Waals surface area contributed by atoms with Crippen LogP contribution in [0.15, 0.2) is 34.9 Å². The Morgan fingerprint density at radius 3 is 2.66 bits per heavy atom. The van der Waals surface area contributed by atoms with Crippen molar-refractivity contribution in [1.29, 1.82) is 0 Å². The molecule has 1 saturated heterocycles. The van der Waals surface area contributed by atoms with E-state index in [0.29, 0.717) is 24.7 Å². The molecule has 8 heteroatoms. The standard InChI is InChI=1S/C24H36N4O4/c1-4-19(3)25-24(29)22-18-32-23(26-22)17-28(11-10-27-12-14-30-15-13-27)16-20-6-8-21(9-7-20)31-5-2/h6-9,18-19H,4-5,10-17H2,1-3H3,(H,25,29). The van der Waals surface area contributed by atoms with Crippen LogP contribution in [0.5, 0.6) is 5.75 Å². The topological polar surface area (TPSA) is 80.1 Å². The van der Waals surface area contributed by atoms with Gasteiger partial charge < -0.3 is 19.2 Å². The lowest BCUT2D eigenvalue weighted by Crippen LogP contribution is -2.41. The van der Waals surface area contributed by atoms with E-state index in [9.17, 15) is 4.79 Å². The van der Waals surface area contributed by atoms with Crippen molar-refractivity contribution in [3.63, 3.8) is 0 Å². The maximum Gasteiger partial charge on any atom is 0.273 e. The van der Waals surface area contributed by atoms with Crippen molar-refractivity contribution in [2.75, 3.05) is 46.0 Å². The first-order valence-electron chi connectivity index (χ1n) is 11.6. The predicted molar refractivity (Wildman–Crippen MR) is 123 cm³/mol. The number of benzene rings is 1. The number of carbonyl (C=O) groups is 1. The molecular formula is C24H36N4O4. The van der Waals surface area contributed by atoms with E-state index in [4.69, 9.17) is 13.9 Å². The Bertz CT molecular complexity index is 818. The second-order valence-electron chi connectivity index (χ2n) is 8.15. The van der Waals surface area contributed by atoms with Crippen molar-refractivity contribution in [3.05, 3.63) is 47.7 Å². The van der Waals surface area contributed by atoms with E-state index in [2.05, 4.69) is 32.2 Å². The summed E-state index contributed by atoms with van der Waals surface area (Å²) in [5, 5.41) is 2.93. The van der Waals surface area contributed by atoms with Gasteiger partial charge in [0.2, 0.25) is 5.89 Å². The number of ether oxygens (including phenoxy) is 2. The first-order chi connectivity index (χ1) is 15.6. The normalized spacial score (nSPS) is 15.6. The van der Waals surface area contributed by atoms with Crippen molar-refractivity contribution >= 4 is 5.91 Å². The fourth-order valence-corrected chi connectivity index (χ4v) is 3.52. The molecule has 2 heterocycles. The largest absolute Gasteiger partial charge is 0.494 e. The first kappa shape index (κ1) is 24.2. The highest BCUT2D eigenvalue weighted by Gasteiger charge is 2.18. The summed E-state index contributed by atoms with van der Waals surface area (Å²) >= 11 is 0. The van der Waals surface area contributed by atoms with Crippen LogP contribution in [-0.2, 0) is 17.8 Å². The number of amides is 1. The fraction of sp³-hybridized carbons (Fsp3) is 0.583. The van der Waals surface area contributed by atoms with Gasteiger partial charge in [-0.25, -0.2) is 4.98 Å². The molecular weight excluding hydrogens is 408 g/mol. The third-order valence-electron chi connectivity index (χ3n) is 5.61. The highest BCUT2D eigenvalue weighted by molar-refractivity contribution is 5.92. The highest BCUT2D eigenvalue weighted by Crippen LogP contribution is 2.16. The molecule has 1 aromatic heterocycles. The molecule has 1 aliphatic rings. The number of hydrogen-bond acceptors (Lipinski definition) is 7. The second kappa shape index (κ2) is 12.6. The van der Waals surface area contributed by atoms with E-state index in [1.165, 1.54) is 11.8 Å². The lowest BCUT2D eigenvalue weighted by molar-refractivity contribution is 0.0320. The minimum Gasteiger partial charge on any atom is -0.494 e. The Kier molecular flexibility index (Phi) is 9.52. The van der Waals surface area contributed by atoms with Gasteiger partial charge in [-0.3, -0.25) is 14.6 Å². The zero-order valence-electron chi connectivity index (χ0n) is 19.5. The summed E-state index contributed by atoms with van der Waals surface area (Å²) in [6, 6.07) is 8.29. The summed E-state index contributed by atoms with van der Waals surface area (Å²) in [5.74, 6) is 1.23. The van der Waals surface area contributed by atoms with Crippen molar-refractivity contribution in [1.82, 2.24) is 20.1 Å². The molecule has 1 atom stereocenters. The average molecular weight is 445 g/mol. The smallest absolute Gasteiger partial charge is 0.273 e. The molecule has 1 amide bonds. The SMILES string of the molecule is CCOc1ccc(CN(CCN2CCOCC2)Cc2nc(C(=O)NC(C)CC)co2)cc1. The van der Waals surface area contributed by atoms with Crippen LogP contribution in [0.25, 0.3) is 0 Å². The lowest BCUT2D eigenvalue weighted by Gasteiger charge is -2.29. The molecule has 1 fully saturated rings. The number of nitrogens with one attached hydrogen (secondary N) is 1. The number of morpholine rings is 1. The summed E-state index contributed by atoms with van der Waals surface area (Å²) in [7, 11) is 0. The van der Waals surface area contributed by atoms with Crippen molar-refractivity contribution < 1.29 is 18.7 Å². The first-order valence-corrected chi connectivity index (χ1v) is 11.6. The summed E-state index contributed by atoms with van der Waals surface area (Å²) in [4.78, 5) is 21.5. The Balaban J connectivity index is 1.64. The number of rotatable bonds is 12. The van der Waals surface area contributed by atoms with E-state index in [1.54, 1.807) is 0 Å². The molecule has 3 rings (SSSR count). The van der Waals surface area contributed by atoms with E-state index in [0.717, 1.165) is 58.1 Å². The number of oxazole rings is 1. The zero-order valence-corrected chi connectivity index (χ0v) is 19.5. The van der Waals surface area contributed by atoms with Gasteiger partial charge in [0.25, 0.3) is 5.91 Å². The van der Waals surface area contributed by atoms with Crippen LogP contribution in [-0.4, -0.2) is 72.7 Å². The summed E-state index contributed by atoms with van der Waals surface area (Å²) < 4.78 is 16.7. The van der Waals surface area contributed by atoms with Crippen LogP contribution in [0.1, 0.15) is 49.1 Å². The monoisotopic (exact) mass is 444 g/mol. The van der Waals surface area contributed by atoms with E-state index in [-0.39, 0.29) is 11.9 Å². The van der Waals surface area contributed by atoms with Gasteiger partial charge in [0.05, 0.1) is 26.4 Å². The van der Waals surface area contributed by atoms with Gasteiger partial charge in [0.15, 0.2) is 5.69 Å². The quantitative estimate of drug-likeness (QED) is 0.539. The second-order valence-corrected chi connectivity index (χ2v) is 8.15. The maximum absolute atomic E-state index is 12.3. The van der Waals surface area contributed by atoms with E-state index in [1.807, 2.05) is 32.9 Å². The van der Waals surface area contributed by atoms with Crippen LogP contribution in [0, 0.1) is 0 Å². The predicted octanol–water partition coefficient (Wildman–Crippen LogP) is 2.94. The molecule has 1 aliphatic heterocycles. The average Bonchev–Trinajstić information content (AvgIpc) is 3.28. The molecule has 2 aromatic rings. The van der Waals surface area contributed by atoms with Gasteiger partial charge >= 0.3 is 0 Å². The third kappa shape index (κ3) is 7.62. The van der Waals surface area contributed by atoms with Crippen LogP contribution in [0.4, 0.5) is 0 Å². The minimum absolute atomic E-state index is 0.104. The molecule has 1 N–H and O–H groups in total. The molecule has 176 valence electrons.